The third-order valence-corrected chi connectivity index (χ3v) is 4.91. The number of aromatic nitrogens is 2. The second-order valence-corrected chi connectivity index (χ2v) is 8.95. The first-order chi connectivity index (χ1) is 9.30. The monoisotopic (exact) mass is 333 g/mol. The molecule has 1 N–H and O–H groups in total. The Kier molecular flexibility index (Phi) is 3.62. The zero-order chi connectivity index (χ0) is 16.3. The van der Waals surface area contributed by atoms with Gasteiger partial charge in [0.1, 0.15) is 4.33 Å². The summed E-state index contributed by atoms with van der Waals surface area (Å²) in [5.41, 5.74) is -1.78. The van der Waals surface area contributed by atoms with E-state index in [1.165, 1.54) is 0 Å². The van der Waals surface area contributed by atoms with E-state index in [-0.39, 0.29) is 11.3 Å². The molecule has 1 amide bonds. The number of amides is 1. The van der Waals surface area contributed by atoms with Crippen molar-refractivity contribution < 1.29 is 9.32 Å². The van der Waals surface area contributed by atoms with Crippen LogP contribution in [0.2, 0.25) is 0 Å². The highest BCUT2D eigenvalue weighted by Gasteiger charge is 2.68. The van der Waals surface area contributed by atoms with Gasteiger partial charge in [-0.25, -0.2) is 0 Å². The molecule has 0 aromatic carbocycles. The van der Waals surface area contributed by atoms with Crippen LogP contribution in [0.3, 0.4) is 0 Å². The van der Waals surface area contributed by atoms with Crippen molar-refractivity contribution in [2.75, 3.05) is 0 Å². The summed E-state index contributed by atoms with van der Waals surface area (Å²) < 4.78 is 4.28. The maximum atomic E-state index is 12.4. The topological polar surface area (TPSA) is 68.0 Å². The Morgan fingerprint density at radius 1 is 1.29 bits per heavy atom. The van der Waals surface area contributed by atoms with Crippen LogP contribution < -0.4 is 5.32 Å². The number of carbonyl (C=O) groups excluding carboxylic acids is 1. The Hall–Kier alpha value is -0.810. The van der Waals surface area contributed by atoms with E-state index in [0.717, 1.165) is 0 Å². The van der Waals surface area contributed by atoms with E-state index in [0.29, 0.717) is 18.1 Å². The Bertz CT molecular complexity index is 575. The van der Waals surface area contributed by atoms with Crippen LogP contribution in [0.25, 0.3) is 0 Å². The summed E-state index contributed by atoms with van der Waals surface area (Å²) >= 11 is 12.1. The van der Waals surface area contributed by atoms with E-state index in [9.17, 15) is 4.79 Å². The van der Waals surface area contributed by atoms with Crippen LogP contribution in [0, 0.1) is 5.41 Å². The van der Waals surface area contributed by atoms with Gasteiger partial charge in [-0.1, -0.05) is 25.9 Å². The third kappa shape index (κ3) is 2.90. The van der Waals surface area contributed by atoms with Gasteiger partial charge in [-0.15, -0.1) is 23.2 Å². The molecule has 7 heteroatoms. The summed E-state index contributed by atoms with van der Waals surface area (Å²) in [6.07, 6.45) is 0.435. The number of hydrogen-bond acceptors (Lipinski definition) is 4. The molecule has 1 fully saturated rings. The molecule has 0 bridgehead atoms. The Labute approximate surface area is 134 Å². The number of carbonyl (C=O) groups is 1. The quantitative estimate of drug-likeness (QED) is 0.861. The summed E-state index contributed by atoms with van der Waals surface area (Å²) in [7, 11) is 0. The smallest absolute Gasteiger partial charge is 0.232 e. The molecular formula is C14H21Cl2N3O2. The third-order valence-electron chi connectivity index (χ3n) is 3.81. The Balaban J connectivity index is 2.16. The summed E-state index contributed by atoms with van der Waals surface area (Å²) in [5.74, 6) is 0.751. The van der Waals surface area contributed by atoms with Gasteiger partial charge >= 0.3 is 0 Å². The van der Waals surface area contributed by atoms with Crippen LogP contribution in [-0.2, 0) is 15.7 Å². The van der Waals surface area contributed by atoms with Gasteiger partial charge in [-0.2, -0.15) is 4.98 Å². The van der Waals surface area contributed by atoms with E-state index in [1.54, 1.807) is 6.92 Å². The molecule has 1 aliphatic rings. The van der Waals surface area contributed by atoms with Gasteiger partial charge in [0.05, 0.1) is 11.0 Å². The SMILES string of the molecule is CC(C)(C)c1nc(C(C)(C)NC(=O)C2(C)CC2(Cl)Cl)no1. The van der Waals surface area contributed by atoms with Crippen molar-refractivity contribution >= 4 is 29.1 Å². The molecule has 5 nitrogen and oxygen atoms in total. The average Bonchev–Trinajstić information content (AvgIpc) is 2.69. The first-order valence-electron chi connectivity index (χ1n) is 6.85. The lowest BCUT2D eigenvalue weighted by atomic mass is 9.96. The molecule has 2 rings (SSSR count). The van der Waals surface area contributed by atoms with Gasteiger partial charge in [0.25, 0.3) is 0 Å². The minimum atomic E-state index is -0.999. The summed E-state index contributed by atoms with van der Waals surface area (Å²) in [6, 6.07) is 0. The van der Waals surface area contributed by atoms with Crippen LogP contribution in [0.4, 0.5) is 0 Å². The largest absolute Gasteiger partial charge is 0.343 e. The highest BCUT2D eigenvalue weighted by Crippen LogP contribution is 2.64. The summed E-state index contributed by atoms with van der Waals surface area (Å²) in [4.78, 5) is 16.8. The van der Waals surface area contributed by atoms with Gasteiger partial charge < -0.3 is 9.84 Å². The van der Waals surface area contributed by atoms with E-state index < -0.39 is 15.3 Å². The second kappa shape index (κ2) is 4.59. The predicted molar refractivity (Wildman–Crippen MR) is 81.3 cm³/mol. The summed E-state index contributed by atoms with van der Waals surface area (Å²) in [5, 5.41) is 6.88. The fraction of sp³-hybridized carbons (Fsp3) is 0.786. The van der Waals surface area contributed by atoms with Crippen LogP contribution >= 0.6 is 23.2 Å². The lowest BCUT2D eigenvalue weighted by molar-refractivity contribution is -0.127. The zero-order valence-corrected chi connectivity index (χ0v) is 14.7. The van der Waals surface area contributed by atoms with Gasteiger partial charge in [0.15, 0.2) is 5.82 Å². The van der Waals surface area contributed by atoms with Crippen molar-refractivity contribution in [1.29, 1.82) is 0 Å². The molecule has 1 atom stereocenters. The van der Waals surface area contributed by atoms with Crippen molar-refractivity contribution in [3.63, 3.8) is 0 Å². The van der Waals surface area contributed by atoms with Gasteiger partial charge in [-0.3, -0.25) is 4.79 Å². The van der Waals surface area contributed by atoms with Gasteiger partial charge in [0, 0.05) is 5.41 Å². The Morgan fingerprint density at radius 2 is 1.81 bits per heavy atom. The van der Waals surface area contributed by atoms with Crippen LogP contribution in [0.5, 0.6) is 0 Å². The fourth-order valence-corrected chi connectivity index (χ4v) is 2.61. The number of nitrogens with zero attached hydrogens (tertiary/aromatic N) is 2. The molecule has 118 valence electrons. The lowest BCUT2D eigenvalue weighted by Crippen LogP contribution is -2.46. The maximum absolute atomic E-state index is 12.4. The minimum Gasteiger partial charge on any atom is -0.343 e. The van der Waals surface area contributed by atoms with Crippen molar-refractivity contribution in [1.82, 2.24) is 15.5 Å². The molecule has 21 heavy (non-hydrogen) atoms. The molecular weight excluding hydrogens is 313 g/mol. The molecule has 1 saturated carbocycles. The molecule has 0 radical (unpaired) electrons. The second-order valence-electron chi connectivity index (χ2n) is 7.47. The molecule has 0 aliphatic heterocycles. The highest BCUT2D eigenvalue weighted by molar-refractivity contribution is 6.53. The number of hydrogen-bond donors (Lipinski definition) is 1. The molecule has 0 spiro atoms. The van der Waals surface area contributed by atoms with Crippen molar-refractivity contribution in [3.05, 3.63) is 11.7 Å². The molecule has 0 saturated heterocycles. The number of alkyl halides is 2. The molecule has 1 aliphatic carbocycles. The highest BCUT2D eigenvalue weighted by atomic mass is 35.5. The molecule has 1 aromatic rings. The maximum Gasteiger partial charge on any atom is 0.232 e. The summed E-state index contributed by atoms with van der Waals surface area (Å²) in [6.45, 7) is 11.3. The first-order valence-corrected chi connectivity index (χ1v) is 7.60. The zero-order valence-electron chi connectivity index (χ0n) is 13.2. The minimum absolute atomic E-state index is 0.209. The van der Waals surface area contributed by atoms with Crippen LogP contribution in [0.15, 0.2) is 4.52 Å². The van der Waals surface area contributed by atoms with E-state index in [4.69, 9.17) is 27.7 Å². The van der Waals surface area contributed by atoms with E-state index >= 15 is 0 Å². The van der Waals surface area contributed by atoms with Crippen molar-refractivity contribution in [2.45, 2.75) is 63.3 Å². The van der Waals surface area contributed by atoms with Crippen LogP contribution in [-0.4, -0.2) is 20.4 Å². The van der Waals surface area contributed by atoms with Crippen molar-refractivity contribution in [3.8, 4) is 0 Å². The molecule has 1 heterocycles. The average molecular weight is 334 g/mol. The number of nitrogens with one attached hydrogen (secondary N) is 1. The fourth-order valence-electron chi connectivity index (χ4n) is 1.91. The van der Waals surface area contributed by atoms with Gasteiger partial charge in [0.2, 0.25) is 11.8 Å². The number of halogens is 2. The van der Waals surface area contributed by atoms with Crippen molar-refractivity contribution in [2.24, 2.45) is 5.41 Å². The Morgan fingerprint density at radius 3 is 2.19 bits per heavy atom. The standard InChI is InChI=1S/C14H21Cl2N3O2/c1-11(2,3)10-17-8(19-21-10)12(4,5)18-9(20)13(6)7-14(13,15)16/h7H2,1-6H3,(H,18,20). The number of rotatable bonds is 3. The molecule has 1 aromatic heterocycles. The van der Waals surface area contributed by atoms with Crippen LogP contribution in [0.1, 0.15) is 59.7 Å². The lowest BCUT2D eigenvalue weighted by Gasteiger charge is -2.25. The van der Waals surface area contributed by atoms with E-state index in [2.05, 4.69) is 15.5 Å². The normalized spacial score (nSPS) is 24.8. The van der Waals surface area contributed by atoms with E-state index in [1.807, 2.05) is 34.6 Å². The predicted octanol–water partition coefficient (Wildman–Crippen LogP) is 3.30. The first kappa shape index (κ1) is 16.6. The molecule has 1 unspecified atom stereocenters. The van der Waals surface area contributed by atoms with Gasteiger partial charge in [-0.05, 0) is 27.2 Å².